The van der Waals surface area contributed by atoms with Gasteiger partial charge >= 0.3 is 0 Å². The second-order valence-electron chi connectivity index (χ2n) is 6.98. The lowest BCUT2D eigenvalue weighted by Gasteiger charge is -2.30. The summed E-state index contributed by atoms with van der Waals surface area (Å²) in [6.45, 7) is 6.32. The van der Waals surface area contributed by atoms with Crippen molar-refractivity contribution in [2.24, 2.45) is 5.92 Å². The Balaban J connectivity index is 1.53. The van der Waals surface area contributed by atoms with E-state index in [0.29, 0.717) is 18.0 Å². The first-order valence-electron chi connectivity index (χ1n) is 9.37. The number of hydrogen-bond acceptors (Lipinski definition) is 4. The molecule has 1 aromatic carbocycles. The van der Waals surface area contributed by atoms with Crippen molar-refractivity contribution in [3.63, 3.8) is 0 Å². The fraction of sp³-hybridized carbons (Fsp3) is 0.500. The molecule has 1 N–H and O–H groups in total. The van der Waals surface area contributed by atoms with E-state index in [9.17, 15) is 4.79 Å². The van der Waals surface area contributed by atoms with Crippen molar-refractivity contribution < 1.29 is 9.53 Å². The zero-order valence-electron chi connectivity index (χ0n) is 15.6. The number of aromatic nitrogens is 2. The highest BCUT2D eigenvalue weighted by molar-refractivity contribution is 5.94. The summed E-state index contributed by atoms with van der Waals surface area (Å²) in [6.07, 6.45) is 5.29. The number of benzene rings is 1. The average Bonchev–Trinajstić information content (AvgIpc) is 3.10. The van der Waals surface area contributed by atoms with Gasteiger partial charge in [-0.1, -0.05) is 25.1 Å². The van der Waals surface area contributed by atoms with Crippen molar-refractivity contribution in [3.8, 4) is 11.4 Å². The van der Waals surface area contributed by atoms with Crippen LogP contribution in [0.25, 0.3) is 5.69 Å². The SMILES string of the molecule is COc1cn(-c2ccccc2)nc1C(=O)NCCCN1CCC[C@@H](C)C1. The Bertz CT molecular complexity index is 714. The maximum atomic E-state index is 12.5. The highest BCUT2D eigenvalue weighted by atomic mass is 16.5. The molecule has 2 aromatic rings. The van der Waals surface area contributed by atoms with Gasteiger partial charge in [0.15, 0.2) is 11.4 Å². The minimum Gasteiger partial charge on any atom is -0.493 e. The van der Waals surface area contributed by atoms with Crippen LogP contribution in [0, 0.1) is 5.92 Å². The lowest BCUT2D eigenvalue weighted by atomic mass is 10.0. The Morgan fingerprint density at radius 2 is 2.15 bits per heavy atom. The van der Waals surface area contributed by atoms with Crippen molar-refractivity contribution >= 4 is 5.91 Å². The number of amides is 1. The van der Waals surface area contributed by atoms with E-state index in [1.165, 1.54) is 25.9 Å². The highest BCUT2D eigenvalue weighted by Crippen LogP contribution is 2.19. The molecule has 1 aromatic heterocycles. The minimum atomic E-state index is -0.191. The number of nitrogens with one attached hydrogen (secondary N) is 1. The van der Waals surface area contributed by atoms with Crippen molar-refractivity contribution in [1.82, 2.24) is 20.0 Å². The number of ether oxygens (including phenoxy) is 1. The van der Waals surface area contributed by atoms with Crippen LogP contribution in [0.15, 0.2) is 36.5 Å². The first-order chi connectivity index (χ1) is 12.7. The predicted molar refractivity (Wildman–Crippen MR) is 102 cm³/mol. The molecule has 1 atom stereocenters. The number of nitrogens with zero attached hydrogens (tertiary/aromatic N) is 3. The van der Waals surface area contributed by atoms with Crippen LogP contribution >= 0.6 is 0 Å². The van der Waals surface area contributed by atoms with Gasteiger partial charge in [0.2, 0.25) is 0 Å². The molecular weight excluding hydrogens is 328 g/mol. The van der Waals surface area contributed by atoms with Gasteiger partial charge in [-0.25, -0.2) is 4.68 Å². The molecule has 1 amide bonds. The summed E-state index contributed by atoms with van der Waals surface area (Å²) in [5.41, 5.74) is 1.21. The van der Waals surface area contributed by atoms with Crippen LogP contribution in [0.3, 0.4) is 0 Å². The van der Waals surface area contributed by atoms with Gasteiger partial charge in [0.05, 0.1) is 19.0 Å². The maximum absolute atomic E-state index is 12.5. The van der Waals surface area contributed by atoms with E-state index in [4.69, 9.17) is 4.74 Å². The van der Waals surface area contributed by atoms with E-state index in [0.717, 1.165) is 24.6 Å². The third-order valence-electron chi connectivity index (χ3n) is 4.81. The number of piperidine rings is 1. The normalized spacial score (nSPS) is 17.8. The molecule has 0 unspecified atom stereocenters. The summed E-state index contributed by atoms with van der Waals surface area (Å²) in [6, 6.07) is 9.69. The Morgan fingerprint density at radius 3 is 2.88 bits per heavy atom. The van der Waals surface area contributed by atoms with Crippen LogP contribution in [0.2, 0.25) is 0 Å². The number of para-hydroxylation sites is 1. The molecule has 6 heteroatoms. The second kappa shape index (κ2) is 8.85. The molecule has 3 rings (SSSR count). The third-order valence-corrected chi connectivity index (χ3v) is 4.81. The van der Waals surface area contributed by atoms with Gasteiger partial charge < -0.3 is 15.0 Å². The maximum Gasteiger partial charge on any atom is 0.275 e. The monoisotopic (exact) mass is 356 g/mol. The fourth-order valence-electron chi connectivity index (χ4n) is 3.46. The molecule has 0 bridgehead atoms. The number of likely N-dealkylation sites (tertiary alicyclic amines) is 1. The van der Waals surface area contributed by atoms with Gasteiger partial charge in [-0.2, -0.15) is 5.10 Å². The average molecular weight is 356 g/mol. The van der Waals surface area contributed by atoms with Crippen molar-refractivity contribution in [1.29, 1.82) is 0 Å². The molecule has 0 aliphatic carbocycles. The Morgan fingerprint density at radius 1 is 1.35 bits per heavy atom. The molecule has 0 saturated carbocycles. The number of rotatable bonds is 7. The second-order valence-corrected chi connectivity index (χ2v) is 6.98. The van der Waals surface area contributed by atoms with Gasteiger partial charge in [-0.3, -0.25) is 4.79 Å². The topological polar surface area (TPSA) is 59.4 Å². The van der Waals surface area contributed by atoms with Crippen LogP contribution in [-0.2, 0) is 0 Å². The zero-order chi connectivity index (χ0) is 18.4. The van der Waals surface area contributed by atoms with Gasteiger partial charge in [-0.05, 0) is 50.4 Å². The number of carbonyl (C=O) groups is 1. The van der Waals surface area contributed by atoms with Gasteiger partial charge in [0, 0.05) is 13.1 Å². The van der Waals surface area contributed by atoms with Crippen molar-refractivity contribution in [3.05, 3.63) is 42.2 Å². The smallest absolute Gasteiger partial charge is 0.275 e. The first-order valence-corrected chi connectivity index (χ1v) is 9.37. The van der Waals surface area contributed by atoms with E-state index < -0.39 is 0 Å². The molecule has 0 spiro atoms. The molecular formula is C20H28N4O2. The van der Waals surface area contributed by atoms with Gasteiger partial charge in [0.25, 0.3) is 5.91 Å². The van der Waals surface area contributed by atoms with E-state index in [-0.39, 0.29) is 5.91 Å². The standard InChI is InChI=1S/C20H28N4O2/c1-16-8-6-12-23(14-16)13-7-11-21-20(25)19-18(26-2)15-24(22-19)17-9-4-3-5-10-17/h3-5,9-10,15-16H,6-8,11-14H2,1-2H3,(H,21,25)/t16-/m1/s1. The third kappa shape index (κ3) is 4.64. The summed E-state index contributed by atoms with van der Waals surface area (Å²) < 4.78 is 7.00. The van der Waals surface area contributed by atoms with E-state index in [1.807, 2.05) is 30.3 Å². The number of methoxy groups -OCH3 is 1. The van der Waals surface area contributed by atoms with E-state index in [2.05, 4.69) is 22.2 Å². The quantitative estimate of drug-likeness (QED) is 0.775. The van der Waals surface area contributed by atoms with Crippen LogP contribution in [-0.4, -0.2) is 53.9 Å². The zero-order valence-corrected chi connectivity index (χ0v) is 15.6. The fourth-order valence-corrected chi connectivity index (χ4v) is 3.46. The van der Waals surface area contributed by atoms with Crippen LogP contribution < -0.4 is 10.1 Å². The van der Waals surface area contributed by atoms with E-state index >= 15 is 0 Å². The summed E-state index contributed by atoms with van der Waals surface area (Å²) in [7, 11) is 1.56. The number of hydrogen-bond donors (Lipinski definition) is 1. The predicted octanol–water partition coefficient (Wildman–Crippen LogP) is 2.73. The molecule has 2 heterocycles. The summed E-state index contributed by atoms with van der Waals surface area (Å²) in [4.78, 5) is 15.0. The first kappa shape index (κ1) is 18.5. The van der Waals surface area contributed by atoms with Crippen LogP contribution in [0.1, 0.15) is 36.7 Å². The van der Waals surface area contributed by atoms with Gasteiger partial charge in [0.1, 0.15) is 0 Å². The largest absolute Gasteiger partial charge is 0.493 e. The molecule has 6 nitrogen and oxygen atoms in total. The van der Waals surface area contributed by atoms with Crippen LogP contribution in [0.4, 0.5) is 0 Å². The number of carbonyl (C=O) groups excluding carboxylic acids is 1. The Hall–Kier alpha value is -2.34. The minimum absolute atomic E-state index is 0.191. The molecule has 1 fully saturated rings. The molecule has 1 aliphatic heterocycles. The summed E-state index contributed by atoms with van der Waals surface area (Å²) in [5, 5.41) is 7.37. The molecule has 0 radical (unpaired) electrons. The highest BCUT2D eigenvalue weighted by Gasteiger charge is 2.19. The van der Waals surface area contributed by atoms with Crippen LogP contribution in [0.5, 0.6) is 5.75 Å². The molecule has 140 valence electrons. The molecule has 1 aliphatic rings. The Labute approximate surface area is 155 Å². The summed E-state index contributed by atoms with van der Waals surface area (Å²) in [5.74, 6) is 1.07. The Kier molecular flexibility index (Phi) is 6.28. The van der Waals surface area contributed by atoms with E-state index in [1.54, 1.807) is 18.0 Å². The van der Waals surface area contributed by atoms with Crippen molar-refractivity contribution in [2.45, 2.75) is 26.2 Å². The van der Waals surface area contributed by atoms with Gasteiger partial charge in [-0.15, -0.1) is 0 Å². The molecule has 26 heavy (non-hydrogen) atoms. The van der Waals surface area contributed by atoms with Crippen molar-refractivity contribution in [2.75, 3.05) is 33.3 Å². The lowest BCUT2D eigenvalue weighted by Crippen LogP contribution is -2.36. The lowest BCUT2D eigenvalue weighted by molar-refractivity contribution is 0.0941. The summed E-state index contributed by atoms with van der Waals surface area (Å²) >= 11 is 0. The molecule has 1 saturated heterocycles.